The number of nitrogens with zero attached hydrogens (tertiary/aromatic N) is 1. The fourth-order valence-electron chi connectivity index (χ4n) is 3.31. The largest absolute Gasteiger partial charge is 0.386 e. The van der Waals surface area contributed by atoms with Crippen molar-refractivity contribution in [2.45, 2.75) is 42.4 Å². The lowest BCUT2D eigenvalue weighted by Gasteiger charge is -2.33. The molecule has 0 saturated carbocycles. The summed E-state index contributed by atoms with van der Waals surface area (Å²) in [6.45, 7) is 4.97. The van der Waals surface area contributed by atoms with Crippen molar-refractivity contribution in [3.63, 3.8) is 0 Å². The molecule has 134 valence electrons. The van der Waals surface area contributed by atoms with Gasteiger partial charge in [0, 0.05) is 18.8 Å². The van der Waals surface area contributed by atoms with Crippen molar-refractivity contribution in [3.8, 4) is 0 Å². The zero-order valence-corrected chi connectivity index (χ0v) is 15.5. The molecule has 5 heteroatoms. The Labute approximate surface area is 150 Å². The van der Waals surface area contributed by atoms with Crippen LogP contribution >= 0.6 is 0 Å². The molecule has 0 bridgehead atoms. The molecule has 0 spiro atoms. The SMILES string of the molecule is CC(C)(O)c1ccc(N2CCC(S(=O)(=O)c3ccccc3)CC2)cc1. The first kappa shape index (κ1) is 18.0. The van der Waals surface area contributed by atoms with Gasteiger partial charge in [-0.05, 0) is 56.5 Å². The van der Waals surface area contributed by atoms with E-state index in [1.54, 1.807) is 38.1 Å². The van der Waals surface area contributed by atoms with E-state index in [2.05, 4.69) is 4.90 Å². The van der Waals surface area contributed by atoms with E-state index in [4.69, 9.17) is 0 Å². The Bertz CT molecular complexity index is 800. The summed E-state index contributed by atoms with van der Waals surface area (Å²) >= 11 is 0. The van der Waals surface area contributed by atoms with Crippen LogP contribution < -0.4 is 4.90 Å². The third-order valence-electron chi connectivity index (χ3n) is 4.89. The van der Waals surface area contributed by atoms with Gasteiger partial charge in [-0.15, -0.1) is 0 Å². The minimum Gasteiger partial charge on any atom is -0.386 e. The highest BCUT2D eigenvalue weighted by Crippen LogP contribution is 2.28. The van der Waals surface area contributed by atoms with E-state index < -0.39 is 15.4 Å². The van der Waals surface area contributed by atoms with Gasteiger partial charge in [-0.2, -0.15) is 0 Å². The highest BCUT2D eigenvalue weighted by molar-refractivity contribution is 7.92. The van der Waals surface area contributed by atoms with E-state index in [9.17, 15) is 13.5 Å². The van der Waals surface area contributed by atoms with Crippen LogP contribution in [0.4, 0.5) is 5.69 Å². The maximum absolute atomic E-state index is 12.7. The summed E-state index contributed by atoms with van der Waals surface area (Å²) in [5.74, 6) is 0. The quantitative estimate of drug-likeness (QED) is 0.909. The predicted octanol–water partition coefficient (Wildman–Crippen LogP) is 3.36. The van der Waals surface area contributed by atoms with Crippen molar-refractivity contribution in [1.29, 1.82) is 0 Å². The van der Waals surface area contributed by atoms with Gasteiger partial charge in [-0.1, -0.05) is 30.3 Å². The molecule has 25 heavy (non-hydrogen) atoms. The van der Waals surface area contributed by atoms with Crippen molar-refractivity contribution in [3.05, 3.63) is 60.2 Å². The number of hydrogen-bond donors (Lipinski definition) is 1. The third kappa shape index (κ3) is 3.88. The van der Waals surface area contributed by atoms with E-state index in [1.165, 1.54) is 0 Å². The number of piperidine rings is 1. The molecule has 0 amide bonds. The lowest BCUT2D eigenvalue weighted by atomic mass is 9.98. The Balaban J connectivity index is 1.68. The summed E-state index contributed by atoms with van der Waals surface area (Å²) in [4.78, 5) is 2.63. The number of aliphatic hydroxyl groups is 1. The van der Waals surface area contributed by atoms with Crippen LogP contribution in [-0.4, -0.2) is 31.9 Å². The smallest absolute Gasteiger partial charge is 0.181 e. The molecule has 3 rings (SSSR count). The molecule has 1 aliphatic heterocycles. The highest BCUT2D eigenvalue weighted by atomic mass is 32.2. The van der Waals surface area contributed by atoms with Crippen molar-refractivity contribution in [2.24, 2.45) is 0 Å². The molecule has 1 N–H and O–H groups in total. The average molecular weight is 359 g/mol. The lowest BCUT2D eigenvalue weighted by Crippen LogP contribution is -2.39. The molecule has 1 fully saturated rings. The number of benzene rings is 2. The summed E-state index contributed by atoms with van der Waals surface area (Å²) in [6.07, 6.45) is 1.26. The van der Waals surface area contributed by atoms with Crippen molar-refractivity contribution in [1.82, 2.24) is 0 Å². The summed E-state index contributed by atoms with van der Waals surface area (Å²) < 4.78 is 25.5. The van der Waals surface area contributed by atoms with Gasteiger partial charge >= 0.3 is 0 Å². The maximum atomic E-state index is 12.7. The Hall–Kier alpha value is -1.85. The minimum absolute atomic E-state index is 0.318. The van der Waals surface area contributed by atoms with Gasteiger partial charge < -0.3 is 10.0 Å². The monoisotopic (exact) mass is 359 g/mol. The first-order valence-electron chi connectivity index (χ1n) is 8.65. The van der Waals surface area contributed by atoms with Crippen molar-refractivity contribution < 1.29 is 13.5 Å². The van der Waals surface area contributed by atoms with E-state index in [0.717, 1.165) is 24.3 Å². The molecule has 0 aromatic heterocycles. The van der Waals surface area contributed by atoms with Gasteiger partial charge in [0.05, 0.1) is 15.7 Å². The fraction of sp³-hybridized carbons (Fsp3) is 0.400. The van der Waals surface area contributed by atoms with E-state index in [1.807, 2.05) is 30.3 Å². The molecule has 4 nitrogen and oxygen atoms in total. The first-order valence-corrected chi connectivity index (χ1v) is 10.2. The summed E-state index contributed by atoms with van der Waals surface area (Å²) in [5, 5.41) is 9.72. The van der Waals surface area contributed by atoms with Crippen LogP contribution in [0.3, 0.4) is 0 Å². The standard InChI is InChI=1S/C20H25NO3S/c1-20(2,22)16-8-10-17(11-9-16)21-14-12-19(13-15-21)25(23,24)18-6-4-3-5-7-18/h3-11,19,22H,12-15H2,1-2H3. The van der Waals surface area contributed by atoms with Gasteiger partial charge in [0.2, 0.25) is 0 Å². The van der Waals surface area contributed by atoms with E-state index in [0.29, 0.717) is 17.7 Å². The summed E-state index contributed by atoms with van der Waals surface area (Å²) in [6, 6.07) is 16.6. The predicted molar refractivity (Wildman–Crippen MR) is 101 cm³/mol. The second-order valence-corrected chi connectivity index (χ2v) is 9.38. The summed E-state index contributed by atoms with van der Waals surface area (Å²) in [7, 11) is -3.25. The molecule has 0 aliphatic carbocycles. The van der Waals surface area contributed by atoms with E-state index in [-0.39, 0.29) is 5.25 Å². The highest BCUT2D eigenvalue weighted by Gasteiger charge is 2.31. The van der Waals surface area contributed by atoms with Crippen LogP contribution in [0.5, 0.6) is 0 Å². The Kier molecular flexibility index (Phi) is 4.89. The third-order valence-corrected chi connectivity index (χ3v) is 7.17. The number of hydrogen-bond acceptors (Lipinski definition) is 4. The molecular formula is C20H25NO3S. The molecular weight excluding hydrogens is 334 g/mol. The van der Waals surface area contributed by atoms with Gasteiger partial charge in [-0.25, -0.2) is 8.42 Å². The molecule has 2 aromatic rings. The van der Waals surface area contributed by atoms with Crippen molar-refractivity contribution >= 4 is 15.5 Å². The molecule has 0 radical (unpaired) electrons. The Morgan fingerprint density at radius 3 is 2.04 bits per heavy atom. The number of sulfone groups is 1. The molecule has 1 heterocycles. The van der Waals surface area contributed by atoms with Gasteiger partial charge in [-0.3, -0.25) is 0 Å². The van der Waals surface area contributed by atoms with Crippen molar-refractivity contribution in [2.75, 3.05) is 18.0 Å². The van der Waals surface area contributed by atoms with Crippen LogP contribution in [0.1, 0.15) is 32.3 Å². The van der Waals surface area contributed by atoms with E-state index >= 15 is 0 Å². The molecule has 2 aromatic carbocycles. The molecule has 0 atom stereocenters. The van der Waals surface area contributed by atoms with Crippen LogP contribution in [0.25, 0.3) is 0 Å². The molecule has 0 unspecified atom stereocenters. The summed E-state index contributed by atoms with van der Waals surface area (Å²) in [5.41, 5.74) is 1.09. The second kappa shape index (κ2) is 6.81. The lowest BCUT2D eigenvalue weighted by molar-refractivity contribution is 0.0786. The number of rotatable bonds is 4. The van der Waals surface area contributed by atoms with Gasteiger partial charge in [0.25, 0.3) is 0 Å². The molecule has 1 saturated heterocycles. The molecule has 1 aliphatic rings. The van der Waals surface area contributed by atoms with Crippen LogP contribution in [0.15, 0.2) is 59.5 Å². The zero-order chi connectivity index (χ0) is 18.1. The topological polar surface area (TPSA) is 57.6 Å². The minimum atomic E-state index is -3.25. The van der Waals surface area contributed by atoms with Crippen LogP contribution in [0, 0.1) is 0 Å². The second-order valence-electron chi connectivity index (χ2n) is 7.15. The zero-order valence-electron chi connectivity index (χ0n) is 14.7. The van der Waals surface area contributed by atoms with Crippen LogP contribution in [0.2, 0.25) is 0 Å². The van der Waals surface area contributed by atoms with Gasteiger partial charge in [0.1, 0.15) is 0 Å². The van der Waals surface area contributed by atoms with Gasteiger partial charge in [0.15, 0.2) is 9.84 Å². The normalized spacial score (nSPS) is 16.8. The maximum Gasteiger partial charge on any atom is 0.181 e. The Morgan fingerprint density at radius 2 is 1.52 bits per heavy atom. The number of anilines is 1. The fourth-order valence-corrected chi connectivity index (χ4v) is 5.06. The average Bonchev–Trinajstić information content (AvgIpc) is 2.62. The first-order chi connectivity index (χ1) is 11.8. The van der Waals surface area contributed by atoms with Crippen LogP contribution in [-0.2, 0) is 15.4 Å². The Morgan fingerprint density at radius 1 is 0.960 bits per heavy atom.